The molecule has 0 spiro atoms. The highest BCUT2D eigenvalue weighted by molar-refractivity contribution is 14.0. The topological polar surface area (TPSA) is 104 Å². The van der Waals surface area contributed by atoms with Crippen LogP contribution in [-0.2, 0) is 16.6 Å². The van der Waals surface area contributed by atoms with E-state index in [0.29, 0.717) is 19.0 Å². The molecule has 28 heavy (non-hydrogen) atoms. The average Bonchev–Trinajstić information content (AvgIpc) is 3.21. The zero-order valence-electron chi connectivity index (χ0n) is 15.6. The van der Waals surface area contributed by atoms with Crippen molar-refractivity contribution in [2.45, 2.75) is 18.4 Å². The molecule has 0 amide bonds. The third-order valence-electron chi connectivity index (χ3n) is 4.29. The van der Waals surface area contributed by atoms with Crippen LogP contribution in [0.4, 0.5) is 5.13 Å². The van der Waals surface area contributed by atoms with Crippen LogP contribution < -0.4 is 15.4 Å². The summed E-state index contributed by atoms with van der Waals surface area (Å²) in [6, 6.07) is 6.71. The molecule has 1 aliphatic heterocycles. The highest BCUT2D eigenvalue weighted by Crippen LogP contribution is 2.19. The second kappa shape index (κ2) is 10.4. The Morgan fingerprint density at radius 1 is 1.25 bits per heavy atom. The van der Waals surface area contributed by atoms with Crippen molar-refractivity contribution in [3.63, 3.8) is 0 Å². The lowest BCUT2D eigenvalue weighted by Gasteiger charge is -2.35. The fourth-order valence-corrected chi connectivity index (χ4v) is 4.56. The molecule has 1 saturated heterocycles. The molecule has 0 saturated carbocycles. The number of rotatable bonds is 6. The van der Waals surface area contributed by atoms with Crippen LogP contribution in [0.5, 0.6) is 0 Å². The van der Waals surface area contributed by atoms with Gasteiger partial charge in [0.25, 0.3) is 0 Å². The van der Waals surface area contributed by atoms with Gasteiger partial charge in [-0.2, -0.15) is 0 Å². The molecule has 2 heterocycles. The van der Waals surface area contributed by atoms with Crippen molar-refractivity contribution in [2.75, 3.05) is 37.6 Å². The third kappa shape index (κ3) is 5.78. The Kier molecular flexibility index (Phi) is 8.46. The van der Waals surface area contributed by atoms with Crippen LogP contribution in [0.3, 0.4) is 0 Å². The van der Waals surface area contributed by atoms with Gasteiger partial charge >= 0.3 is 0 Å². The zero-order valence-corrected chi connectivity index (χ0v) is 19.6. The number of piperazine rings is 1. The van der Waals surface area contributed by atoms with Gasteiger partial charge in [-0.05, 0) is 17.7 Å². The molecule has 154 valence electrons. The standard InChI is InChI=1S/C17H24N6O2S2.HI/c1-2-21-27(24,25)15-5-3-14(4-6-15)13-20-16(18)22-8-10-23(11-9-22)17-19-7-12-26-17;/h3-7,12,21H,2,8-11,13H2,1H3,(H2,18,20);1H. The molecule has 8 nitrogen and oxygen atoms in total. The molecule has 3 rings (SSSR count). The van der Waals surface area contributed by atoms with E-state index >= 15 is 0 Å². The van der Waals surface area contributed by atoms with Crippen molar-refractivity contribution in [3.05, 3.63) is 41.4 Å². The van der Waals surface area contributed by atoms with Gasteiger partial charge < -0.3 is 15.5 Å². The number of benzene rings is 1. The highest BCUT2D eigenvalue weighted by atomic mass is 127. The van der Waals surface area contributed by atoms with E-state index in [1.54, 1.807) is 42.5 Å². The molecule has 1 aromatic heterocycles. The maximum Gasteiger partial charge on any atom is 0.240 e. The molecule has 0 bridgehead atoms. The van der Waals surface area contributed by atoms with Crippen LogP contribution in [0.2, 0.25) is 0 Å². The van der Waals surface area contributed by atoms with E-state index in [-0.39, 0.29) is 28.9 Å². The minimum Gasteiger partial charge on any atom is -0.370 e. The van der Waals surface area contributed by atoms with Gasteiger partial charge in [-0.1, -0.05) is 19.1 Å². The molecule has 0 aliphatic carbocycles. The summed E-state index contributed by atoms with van der Waals surface area (Å²) in [6.45, 7) is 5.85. The van der Waals surface area contributed by atoms with Crippen molar-refractivity contribution in [2.24, 2.45) is 10.7 Å². The van der Waals surface area contributed by atoms with Crippen LogP contribution in [0, 0.1) is 0 Å². The first kappa shape index (κ1) is 22.8. The lowest BCUT2D eigenvalue weighted by molar-refractivity contribution is 0.380. The number of aromatic nitrogens is 1. The maximum atomic E-state index is 12.0. The fraction of sp³-hybridized carbons (Fsp3) is 0.412. The van der Waals surface area contributed by atoms with Crippen LogP contribution >= 0.6 is 35.3 Å². The lowest BCUT2D eigenvalue weighted by atomic mass is 10.2. The average molecular weight is 536 g/mol. The molecular weight excluding hydrogens is 511 g/mol. The van der Waals surface area contributed by atoms with E-state index in [0.717, 1.165) is 36.9 Å². The molecule has 11 heteroatoms. The Morgan fingerprint density at radius 2 is 1.93 bits per heavy atom. The number of nitrogens with one attached hydrogen (secondary N) is 1. The number of nitrogens with zero attached hydrogens (tertiary/aromatic N) is 4. The predicted molar refractivity (Wildman–Crippen MR) is 124 cm³/mol. The SMILES string of the molecule is CCNS(=O)(=O)c1ccc(CN=C(N)N2CCN(c3nccs3)CC2)cc1.I. The Labute approximate surface area is 186 Å². The Bertz CT molecular complexity index is 864. The largest absolute Gasteiger partial charge is 0.370 e. The van der Waals surface area contributed by atoms with E-state index in [4.69, 9.17) is 5.73 Å². The van der Waals surface area contributed by atoms with Crippen LogP contribution in [0.1, 0.15) is 12.5 Å². The number of guanidine groups is 1. The first-order valence-corrected chi connectivity index (χ1v) is 11.1. The normalized spacial score (nSPS) is 15.4. The molecule has 0 unspecified atom stereocenters. The maximum absolute atomic E-state index is 12.0. The summed E-state index contributed by atoms with van der Waals surface area (Å²) in [7, 11) is -3.43. The summed E-state index contributed by atoms with van der Waals surface area (Å²) >= 11 is 1.64. The van der Waals surface area contributed by atoms with Gasteiger partial charge in [0.2, 0.25) is 10.0 Å². The number of halogens is 1. The Hall–Kier alpha value is -1.44. The Balaban J connectivity index is 0.00000280. The van der Waals surface area contributed by atoms with Gasteiger partial charge in [-0.3, -0.25) is 0 Å². The molecule has 2 aromatic rings. The number of aliphatic imine (C=N–C) groups is 1. The highest BCUT2D eigenvalue weighted by Gasteiger charge is 2.19. The minimum atomic E-state index is -3.43. The first-order valence-electron chi connectivity index (χ1n) is 8.77. The molecule has 1 fully saturated rings. The van der Waals surface area contributed by atoms with Gasteiger partial charge in [0.05, 0.1) is 11.4 Å². The number of anilines is 1. The number of hydrogen-bond acceptors (Lipinski definition) is 6. The quantitative estimate of drug-likeness (QED) is 0.331. The molecule has 0 radical (unpaired) electrons. The fourth-order valence-electron chi connectivity index (χ4n) is 2.82. The number of hydrogen-bond donors (Lipinski definition) is 2. The van der Waals surface area contributed by atoms with E-state index < -0.39 is 10.0 Å². The number of sulfonamides is 1. The Morgan fingerprint density at radius 3 is 2.50 bits per heavy atom. The summed E-state index contributed by atoms with van der Waals surface area (Å²) in [6.07, 6.45) is 1.82. The van der Waals surface area contributed by atoms with Crippen molar-refractivity contribution >= 4 is 56.4 Å². The molecular formula is C17H25IN6O2S2. The van der Waals surface area contributed by atoms with Crippen LogP contribution in [-0.4, -0.2) is 57.0 Å². The molecule has 3 N–H and O–H groups in total. The molecule has 1 aliphatic rings. The predicted octanol–water partition coefficient (Wildman–Crippen LogP) is 1.70. The van der Waals surface area contributed by atoms with Crippen molar-refractivity contribution < 1.29 is 8.42 Å². The molecule has 1 aromatic carbocycles. The summed E-state index contributed by atoms with van der Waals surface area (Å²) in [4.78, 5) is 13.4. The van der Waals surface area contributed by atoms with Gasteiger partial charge in [0.1, 0.15) is 0 Å². The molecule has 0 atom stereocenters. The first-order chi connectivity index (χ1) is 13.0. The second-order valence-electron chi connectivity index (χ2n) is 6.11. The van der Waals surface area contributed by atoms with Crippen LogP contribution in [0.25, 0.3) is 0 Å². The smallest absolute Gasteiger partial charge is 0.240 e. The van der Waals surface area contributed by atoms with Gasteiger partial charge in [0, 0.05) is 44.3 Å². The monoisotopic (exact) mass is 536 g/mol. The van der Waals surface area contributed by atoms with E-state index in [1.807, 2.05) is 11.6 Å². The number of nitrogens with two attached hydrogens (primary N) is 1. The zero-order chi connectivity index (χ0) is 19.3. The van der Waals surface area contributed by atoms with Gasteiger partial charge in [0.15, 0.2) is 11.1 Å². The van der Waals surface area contributed by atoms with Crippen molar-refractivity contribution in [1.82, 2.24) is 14.6 Å². The summed E-state index contributed by atoms with van der Waals surface area (Å²) in [5, 5.41) is 3.02. The van der Waals surface area contributed by atoms with Gasteiger partial charge in [-0.25, -0.2) is 23.1 Å². The summed E-state index contributed by atoms with van der Waals surface area (Å²) in [5.74, 6) is 0.512. The minimum absolute atomic E-state index is 0. The van der Waals surface area contributed by atoms with Crippen LogP contribution in [0.15, 0.2) is 45.7 Å². The van der Waals surface area contributed by atoms with Crippen molar-refractivity contribution in [3.8, 4) is 0 Å². The second-order valence-corrected chi connectivity index (χ2v) is 8.75. The number of thiazole rings is 1. The summed E-state index contributed by atoms with van der Waals surface area (Å²) < 4.78 is 26.4. The van der Waals surface area contributed by atoms with Crippen molar-refractivity contribution in [1.29, 1.82) is 0 Å². The van der Waals surface area contributed by atoms with E-state index in [1.165, 1.54) is 0 Å². The van der Waals surface area contributed by atoms with E-state index in [9.17, 15) is 8.42 Å². The lowest BCUT2D eigenvalue weighted by Crippen LogP contribution is -2.51. The third-order valence-corrected chi connectivity index (χ3v) is 6.68. The van der Waals surface area contributed by atoms with Gasteiger partial charge in [-0.15, -0.1) is 35.3 Å². The van der Waals surface area contributed by atoms with E-state index in [2.05, 4.69) is 24.5 Å². The summed E-state index contributed by atoms with van der Waals surface area (Å²) in [5.41, 5.74) is 7.05.